The number of nitrogens with one attached hydrogen (secondary N) is 1. The van der Waals surface area contributed by atoms with Crippen LogP contribution in [0.15, 0.2) is 29.3 Å². The molecule has 8 heteroatoms. The average Bonchev–Trinajstić information content (AvgIpc) is 2.64. The second-order valence-corrected chi connectivity index (χ2v) is 10.3. The lowest BCUT2D eigenvalue weighted by molar-refractivity contribution is 0.617. The lowest BCUT2D eigenvalue weighted by Gasteiger charge is -2.23. The van der Waals surface area contributed by atoms with Gasteiger partial charge in [0.05, 0.1) is 32.2 Å². The van der Waals surface area contributed by atoms with E-state index in [0.29, 0.717) is 28.1 Å². The van der Waals surface area contributed by atoms with Crippen molar-refractivity contribution >= 4 is 21.9 Å². The molecule has 2 atom stereocenters. The summed E-state index contributed by atoms with van der Waals surface area (Å²) in [5.74, 6) is 1.15. The number of fused-ring (bicyclic) bond motifs is 1. The highest BCUT2D eigenvalue weighted by atomic mass is 32.2. The SMILES string of the molecule is Cc1cc(C(C)NS(=O)C(C)(C)C)c2nc(-c3cnc(C)nc3)n(C)c(=O)c2c1. The zero-order chi connectivity index (χ0) is 21.5. The van der Waals surface area contributed by atoms with Crippen LogP contribution in [0.2, 0.25) is 0 Å². The Balaban J connectivity index is 2.22. The van der Waals surface area contributed by atoms with Crippen molar-refractivity contribution in [2.24, 2.45) is 7.05 Å². The standard InChI is InChI=1S/C21H27N5O2S/c1-12-8-16(13(2)25-29(28)21(4,5)6)18-17(9-12)20(27)26(7)19(24-18)15-10-22-14(3)23-11-15/h8-11,13,25H,1-7H3. The van der Waals surface area contributed by atoms with Crippen LogP contribution in [0.3, 0.4) is 0 Å². The van der Waals surface area contributed by atoms with Crippen LogP contribution in [0.4, 0.5) is 0 Å². The quantitative estimate of drug-likeness (QED) is 0.710. The molecule has 0 amide bonds. The van der Waals surface area contributed by atoms with E-state index in [0.717, 1.165) is 11.1 Å². The van der Waals surface area contributed by atoms with Crippen LogP contribution in [-0.4, -0.2) is 28.5 Å². The Morgan fingerprint density at radius 1 is 1.14 bits per heavy atom. The van der Waals surface area contributed by atoms with Crippen LogP contribution in [-0.2, 0) is 18.0 Å². The summed E-state index contributed by atoms with van der Waals surface area (Å²) < 4.78 is 16.9. The minimum atomic E-state index is -1.25. The highest BCUT2D eigenvalue weighted by Crippen LogP contribution is 2.26. The smallest absolute Gasteiger partial charge is 0.261 e. The van der Waals surface area contributed by atoms with Crippen LogP contribution < -0.4 is 10.3 Å². The van der Waals surface area contributed by atoms with Crippen LogP contribution in [0.25, 0.3) is 22.3 Å². The Morgan fingerprint density at radius 2 is 1.76 bits per heavy atom. The molecule has 154 valence electrons. The molecule has 0 saturated carbocycles. The fourth-order valence-electron chi connectivity index (χ4n) is 3.05. The van der Waals surface area contributed by atoms with Gasteiger partial charge >= 0.3 is 0 Å². The number of hydrogen-bond acceptors (Lipinski definition) is 5. The summed E-state index contributed by atoms with van der Waals surface area (Å²) in [5, 5.41) is 0.537. The maximum absolute atomic E-state index is 13.1. The van der Waals surface area contributed by atoms with Crippen molar-refractivity contribution in [3.05, 3.63) is 51.8 Å². The number of nitrogens with zero attached hydrogens (tertiary/aromatic N) is 4. The maximum atomic E-state index is 13.1. The first kappa shape index (κ1) is 21.3. The summed E-state index contributed by atoms with van der Waals surface area (Å²) in [7, 11) is 0.444. The molecule has 2 aromatic heterocycles. The van der Waals surface area contributed by atoms with Gasteiger partial charge in [0, 0.05) is 25.5 Å². The van der Waals surface area contributed by atoms with Crippen molar-refractivity contribution in [3.63, 3.8) is 0 Å². The van der Waals surface area contributed by atoms with Crippen molar-refractivity contribution in [1.82, 2.24) is 24.2 Å². The van der Waals surface area contributed by atoms with E-state index in [1.54, 1.807) is 26.4 Å². The number of rotatable bonds is 4. The van der Waals surface area contributed by atoms with Crippen LogP contribution >= 0.6 is 0 Å². The summed E-state index contributed by atoms with van der Waals surface area (Å²) in [5.41, 5.74) is 2.92. The molecule has 0 aliphatic carbocycles. The summed E-state index contributed by atoms with van der Waals surface area (Å²) in [4.78, 5) is 26.4. The molecule has 29 heavy (non-hydrogen) atoms. The Hall–Kier alpha value is -2.45. The summed E-state index contributed by atoms with van der Waals surface area (Å²) >= 11 is 0. The Bertz CT molecular complexity index is 1150. The molecule has 0 spiro atoms. The average molecular weight is 414 g/mol. The van der Waals surface area contributed by atoms with Gasteiger partial charge in [-0.25, -0.2) is 23.9 Å². The zero-order valence-electron chi connectivity index (χ0n) is 17.9. The maximum Gasteiger partial charge on any atom is 0.261 e. The molecule has 2 heterocycles. The Kier molecular flexibility index (Phi) is 5.69. The molecule has 3 rings (SSSR count). The molecule has 0 aliphatic heterocycles. The predicted molar refractivity (Wildman–Crippen MR) is 117 cm³/mol. The van der Waals surface area contributed by atoms with Crippen molar-refractivity contribution < 1.29 is 4.21 Å². The van der Waals surface area contributed by atoms with Gasteiger partial charge in [-0.05, 0) is 58.7 Å². The Morgan fingerprint density at radius 3 is 2.34 bits per heavy atom. The van der Waals surface area contributed by atoms with Gasteiger partial charge in [0.2, 0.25) is 0 Å². The van der Waals surface area contributed by atoms with E-state index in [4.69, 9.17) is 4.98 Å². The minimum absolute atomic E-state index is 0.139. The molecule has 0 aliphatic rings. The lowest BCUT2D eigenvalue weighted by atomic mass is 10.0. The number of aromatic nitrogens is 4. The third-order valence-corrected chi connectivity index (χ3v) is 6.38. The number of benzene rings is 1. The first-order valence-electron chi connectivity index (χ1n) is 9.47. The molecule has 2 unspecified atom stereocenters. The third kappa shape index (κ3) is 4.28. The van der Waals surface area contributed by atoms with Gasteiger partial charge < -0.3 is 0 Å². The second-order valence-electron chi connectivity index (χ2n) is 8.29. The number of hydrogen-bond donors (Lipinski definition) is 1. The predicted octanol–water partition coefficient (Wildman–Crippen LogP) is 3.12. The number of aryl methyl sites for hydroxylation is 2. The molecule has 3 aromatic rings. The van der Waals surface area contributed by atoms with E-state index >= 15 is 0 Å². The molecule has 1 N–H and O–H groups in total. The molecule has 0 saturated heterocycles. The van der Waals surface area contributed by atoms with Crippen LogP contribution in [0, 0.1) is 13.8 Å². The van der Waals surface area contributed by atoms with Crippen molar-refractivity contribution in [2.45, 2.75) is 52.3 Å². The van der Waals surface area contributed by atoms with Crippen molar-refractivity contribution in [3.8, 4) is 11.4 Å². The van der Waals surface area contributed by atoms with Crippen LogP contribution in [0.1, 0.15) is 50.7 Å². The summed E-state index contributed by atoms with van der Waals surface area (Å²) in [6, 6.07) is 3.58. The van der Waals surface area contributed by atoms with E-state index in [2.05, 4.69) is 14.7 Å². The van der Waals surface area contributed by atoms with Gasteiger partial charge in [0.15, 0.2) is 0 Å². The minimum Gasteiger partial charge on any atom is -0.295 e. The molecule has 0 fully saturated rings. The highest BCUT2D eigenvalue weighted by molar-refractivity contribution is 7.84. The molecule has 1 aromatic carbocycles. The summed E-state index contributed by atoms with van der Waals surface area (Å²) in [6.45, 7) is 11.4. The van der Waals surface area contributed by atoms with Crippen molar-refractivity contribution in [2.75, 3.05) is 0 Å². The van der Waals surface area contributed by atoms with Gasteiger partial charge in [-0.2, -0.15) is 0 Å². The van der Waals surface area contributed by atoms with Gasteiger partial charge in [-0.15, -0.1) is 0 Å². The van der Waals surface area contributed by atoms with Gasteiger partial charge in [-0.3, -0.25) is 9.36 Å². The van der Waals surface area contributed by atoms with E-state index in [9.17, 15) is 9.00 Å². The molecular formula is C21H27N5O2S. The van der Waals surface area contributed by atoms with Crippen LogP contribution in [0.5, 0.6) is 0 Å². The van der Waals surface area contributed by atoms with E-state index < -0.39 is 15.7 Å². The molecular weight excluding hydrogens is 386 g/mol. The Labute approximate surface area is 173 Å². The van der Waals surface area contributed by atoms with E-state index in [-0.39, 0.29) is 11.6 Å². The van der Waals surface area contributed by atoms with Gasteiger partial charge in [0.25, 0.3) is 5.56 Å². The van der Waals surface area contributed by atoms with Gasteiger partial charge in [-0.1, -0.05) is 6.07 Å². The zero-order valence-corrected chi connectivity index (χ0v) is 18.7. The molecule has 0 bridgehead atoms. The van der Waals surface area contributed by atoms with E-state index in [1.807, 2.05) is 46.8 Å². The lowest BCUT2D eigenvalue weighted by Crippen LogP contribution is -2.35. The highest BCUT2D eigenvalue weighted by Gasteiger charge is 2.24. The van der Waals surface area contributed by atoms with Crippen molar-refractivity contribution in [1.29, 1.82) is 0 Å². The summed E-state index contributed by atoms with van der Waals surface area (Å²) in [6.07, 6.45) is 3.33. The fraction of sp³-hybridized carbons (Fsp3) is 0.429. The molecule has 0 radical (unpaired) electrons. The third-order valence-electron chi connectivity index (χ3n) is 4.70. The topological polar surface area (TPSA) is 89.8 Å². The first-order valence-corrected chi connectivity index (χ1v) is 10.6. The monoisotopic (exact) mass is 413 g/mol. The first-order chi connectivity index (χ1) is 13.5. The van der Waals surface area contributed by atoms with Gasteiger partial charge in [0.1, 0.15) is 11.6 Å². The molecule has 7 nitrogen and oxygen atoms in total. The normalized spacial score (nSPS) is 14.2. The second kappa shape index (κ2) is 7.76. The largest absolute Gasteiger partial charge is 0.295 e. The van der Waals surface area contributed by atoms with E-state index in [1.165, 1.54) is 4.57 Å². The fourth-order valence-corrected chi connectivity index (χ4v) is 3.85.